The number of nitrogens with zero attached hydrogens (tertiary/aromatic N) is 5. The molecule has 1 aromatic heterocycles. The Morgan fingerprint density at radius 2 is 2.00 bits per heavy atom. The smallest absolute Gasteiger partial charge is 0.255 e. The van der Waals surface area contributed by atoms with Crippen molar-refractivity contribution in [3.05, 3.63) is 53.6 Å². The predicted octanol–water partition coefficient (Wildman–Crippen LogP) is 2.84. The van der Waals surface area contributed by atoms with Gasteiger partial charge < -0.3 is 10.2 Å². The first kappa shape index (κ1) is 17.5. The molecular formula is C21H20N6O2. The molecule has 2 heterocycles. The zero-order chi connectivity index (χ0) is 20.0. The van der Waals surface area contributed by atoms with Gasteiger partial charge in [-0.05, 0) is 65.6 Å². The Kier molecular flexibility index (Phi) is 4.12. The van der Waals surface area contributed by atoms with Gasteiger partial charge in [-0.1, -0.05) is 12.1 Å². The van der Waals surface area contributed by atoms with Crippen LogP contribution in [0, 0.1) is 0 Å². The Balaban J connectivity index is 1.36. The number of amides is 2. The van der Waals surface area contributed by atoms with Crippen molar-refractivity contribution in [2.75, 3.05) is 16.8 Å². The van der Waals surface area contributed by atoms with E-state index in [1.807, 2.05) is 41.1 Å². The zero-order valence-corrected chi connectivity index (χ0v) is 16.0. The maximum Gasteiger partial charge on any atom is 0.255 e. The van der Waals surface area contributed by atoms with E-state index in [1.165, 1.54) is 0 Å². The molecule has 0 bridgehead atoms. The number of carbonyl (C=O) groups excluding carboxylic acids is 2. The summed E-state index contributed by atoms with van der Waals surface area (Å²) in [6.45, 7) is 2.22. The summed E-state index contributed by atoms with van der Waals surface area (Å²) in [6, 6.07) is 13.4. The highest BCUT2D eigenvalue weighted by Crippen LogP contribution is 2.37. The SMILES string of the molecule is CC(=O)N1CCc2cc(C(=O)Nc3cccc(-c4nnnn4C4CC4)c3)ccc21. The molecule has 8 heteroatoms. The summed E-state index contributed by atoms with van der Waals surface area (Å²) in [5, 5.41) is 15.0. The minimum atomic E-state index is -0.187. The lowest BCUT2D eigenvalue weighted by Crippen LogP contribution is -2.25. The lowest BCUT2D eigenvalue weighted by molar-refractivity contribution is -0.116. The summed E-state index contributed by atoms with van der Waals surface area (Å²) in [7, 11) is 0. The molecule has 2 amide bonds. The third-order valence-corrected chi connectivity index (χ3v) is 5.38. The first-order chi connectivity index (χ1) is 14.1. The van der Waals surface area contributed by atoms with Crippen molar-refractivity contribution in [1.82, 2.24) is 20.2 Å². The summed E-state index contributed by atoms with van der Waals surface area (Å²) in [5.74, 6) is 0.546. The zero-order valence-electron chi connectivity index (χ0n) is 16.0. The lowest BCUT2D eigenvalue weighted by atomic mass is 10.1. The number of carbonyl (C=O) groups is 2. The van der Waals surface area contributed by atoms with E-state index in [2.05, 4.69) is 20.8 Å². The van der Waals surface area contributed by atoms with Gasteiger partial charge in [-0.2, -0.15) is 0 Å². The second kappa shape index (κ2) is 6.80. The number of aromatic nitrogens is 4. The molecule has 0 spiro atoms. The average Bonchev–Trinajstić information content (AvgIpc) is 3.28. The number of tetrazole rings is 1. The van der Waals surface area contributed by atoms with E-state index in [0.717, 1.165) is 36.1 Å². The van der Waals surface area contributed by atoms with Gasteiger partial charge in [0.15, 0.2) is 5.82 Å². The molecule has 5 rings (SSSR count). The number of fused-ring (bicyclic) bond motifs is 1. The van der Waals surface area contributed by atoms with Crippen LogP contribution in [0.2, 0.25) is 0 Å². The van der Waals surface area contributed by atoms with E-state index >= 15 is 0 Å². The molecular weight excluding hydrogens is 368 g/mol. The number of hydrogen-bond donors (Lipinski definition) is 1. The van der Waals surface area contributed by atoms with Crippen molar-refractivity contribution in [2.24, 2.45) is 0 Å². The molecule has 2 aliphatic rings. The van der Waals surface area contributed by atoms with Gasteiger partial charge in [0, 0.05) is 36.0 Å². The van der Waals surface area contributed by atoms with Crippen LogP contribution in [0.15, 0.2) is 42.5 Å². The largest absolute Gasteiger partial charge is 0.322 e. The van der Waals surface area contributed by atoms with Crippen LogP contribution in [0.4, 0.5) is 11.4 Å². The Labute approximate surface area is 167 Å². The van der Waals surface area contributed by atoms with Gasteiger partial charge in [-0.3, -0.25) is 9.59 Å². The fraction of sp³-hybridized carbons (Fsp3) is 0.286. The molecule has 0 atom stereocenters. The number of nitrogens with one attached hydrogen (secondary N) is 1. The first-order valence-corrected chi connectivity index (χ1v) is 9.71. The summed E-state index contributed by atoms with van der Waals surface area (Å²) >= 11 is 0. The summed E-state index contributed by atoms with van der Waals surface area (Å²) in [5.41, 5.74) is 4.03. The maximum atomic E-state index is 12.8. The van der Waals surface area contributed by atoms with E-state index in [4.69, 9.17) is 0 Å². The van der Waals surface area contributed by atoms with Crippen LogP contribution < -0.4 is 10.2 Å². The van der Waals surface area contributed by atoms with E-state index in [1.54, 1.807) is 17.9 Å². The van der Waals surface area contributed by atoms with Gasteiger partial charge in [0.25, 0.3) is 5.91 Å². The quantitative estimate of drug-likeness (QED) is 0.742. The average molecular weight is 388 g/mol. The number of hydrogen-bond acceptors (Lipinski definition) is 5. The molecule has 2 aromatic carbocycles. The van der Waals surface area contributed by atoms with Gasteiger partial charge in [0.05, 0.1) is 6.04 Å². The molecule has 1 N–H and O–H groups in total. The highest BCUT2D eigenvalue weighted by atomic mass is 16.2. The molecule has 1 saturated carbocycles. The van der Waals surface area contributed by atoms with Crippen LogP contribution in [0.3, 0.4) is 0 Å². The van der Waals surface area contributed by atoms with E-state index in [-0.39, 0.29) is 11.8 Å². The molecule has 0 saturated heterocycles. The van der Waals surface area contributed by atoms with Gasteiger partial charge in [0.2, 0.25) is 5.91 Å². The van der Waals surface area contributed by atoms with Crippen LogP contribution in [0.5, 0.6) is 0 Å². The van der Waals surface area contributed by atoms with Crippen molar-refractivity contribution in [1.29, 1.82) is 0 Å². The third-order valence-electron chi connectivity index (χ3n) is 5.38. The fourth-order valence-electron chi connectivity index (χ4n) is 3.76. The molecule has 3 aromatic rings. The monoisotopic (exact) mass is 388 g/mol. The van der Waals surface area contributed by atoms with E-state index < -0.39 is 0 Å². The number of anilines is 2. The molecule has 0 radical (unpaired) electrons. The Hall–Kier alpha value is -3.55. The highest BCUT2D eigenvalue weighted by Gasteiger charge is 2.28. The van der Waals surface area contributed by atoms with Gasteiger partial charge >= 0.3 is 0 Å². The van der Waals surface area contributed by atoms with E-state index in [9.17, 15) is 9.59 Å². The van der Waals surface area contributed by atoms with Gasteiger partial charge in [-0.25, -0.2) is 4.68 Å². The number of rotatable bonds is 4. The topological polar surface area (TPSA) is 93.0 Å². The predicted molar refractivity (Wildman–Crippen MR) is 108 cm³/mol. The van der Waals surface area contributed by atoms with Crippen LogP contribution in [-0.2, 0) is 11.2 Å². The van der Waals surface area contributed by atoms with Crippen LogP contribution in [0.25, 0.3) is 11.4 Å². The molecule has 146 valence electrons. The second-order valence-electron chi connectivity index (χ2n) is 7.48. The lowest BCUT2D eigenvalue weighted by Gasteiger charge is -2.15. The molecule has 1 aliphatic carbocycles. The van der Waals surface area contributed by atoms with Crippen molar-refractivity contribution in [3.63, 3.8) is 0 Å². The first-order valence-electron chi connectivity index (χ1n) is 9.71. The minimum Gasteiger partial charge on any atom is -0.322 e. The maximum absolute atomic E-state index is 12.8. The van der Waals surface area contributed by atoms with Crippen LogP contribution in [-0.4, -0.2) is 38.6 Å². The molecule has 0 unspecified atom stereocenters. The summed E-state index contributed by atoms with van der Waals surface area (Å²) in [6.07, 6.45) is 2.94. The van der Waals surface area contributed by atoms with Crippen LogP contribution >= 0.6 is 0 Å². The van der Waals surface area contributed by atoms with E-state index in [0.29, 0.717) is 29.7 Å². The fourth-order valence-corrected chi connectivity index (χ4v) is 3.76. The normalized spacial score (nSPS) is 15.3. The Bertz CT molecular complexity index is 1120. The van der Waals surface area contributed by atoms with Crippen molar-refractivity contribution >= 4 is 23.2 Å². The third kappa shape index (κ3) is 3.26. The minimum absolute atomic E-state index is 0.0197. The molecule has 1 aliphatic heterocycles. The van der Waals surface area contributed by atoms with Crippen molar-refractivity contribution in [3.8, 4) is 11.4 Å². The standard InChI is InChI=1S/C21H20N6O2/c1-13(28)26-10-9-14-11-16(5-8-19(14)26)21(29)22-17-4-2-3-15(12-17)20-23-24-25-27(20)18-6-7-18/h2-5,8,11-12,18H,6-7,9-10H2,1H3,(H,22,29). The molecule has 8 nitrogen and oxygen atoms in total. The van der Waals surface area contributed by atoms with Crippen LogP contribution in [0.1, 0.15) is 41.7 Å². The molecule has 29 heavy (non-hydrogen) atoms. The Morgan fingerprint density at radius 1 is 1.14 bits per heavy atom. The summed E-state index contributed by atoms with van der Waals surface area (Å²) < 4.78 is 1.85. The summed E-state index contributed by atoms with van der Waals surface area (Å²) in [4.78, 5) is 26.2. The van der Waals surface area contributed by atoms with Gasteiger partial charge in [-0.15, -0.1) is 5.10 Å². The van der Waals surface area contributed by atoms with Crippen molar-refractivity contribution in [2.45, 2.75) is 32.2 Å². The molecule has 1 fully saturated rings. The number of benzene rings is 2. The van der Waals surface area contributed by atoms with Crippen molar-refractivity contribution < 1.29 is 9.59 Å². The highest BCUT2D eigenvalue weighted by molar-refractivity contribution is 6.05. The second-order valence-corrected chi connectivity index (χ2v) is 7.48. The van der Waals surface area contributed by atoms with Gasteiger partial charge in [0.1, 0.15) is 0 Å². The Morgan fingerprint density at radius 3 is 2.79 bits per heavy atom.